The van der Waals surface area contributed by atoms with Crippen molar-refractivity contribution in [2.45, 2.75) is 31.2 Å². The van der Waals surface area contributed by atoms with Crippen molar-refractivity contribution in [3.63, 3.8) is 0 Å². The van der Waals surface area contributed by atoms with Gasteiger partial charge in [0.1, 0.15) is 17.5 Å². The second kappa shape index (κ2) is 8.08. The first-order valence-electron chi connectivity index (χ1n) is 7.74. The molecule has 11 nitrogen and oxygen atoms in total. The first-order chi connectivity index (χ1) is 13.0. The Bertz CT molecular complexity index is 990. The molecule has 0 aliphatic rings. The molecule has 0 radical (unpaired) electrons. The number of hydrogen-bond donors (Lipinski definition) is 3. The van der Waals surface area contributed by atoms with Gasteiger partial charge in [0.2, 0.25) is 0 Å². The molecule has 2 aromatic rings. The number of carboxylic acids is 2. The van der Waals surface area contributed by atoms with Crippen molar-refractivity contribution in [3.05, 3.63) is 41.3 Å². The third-order valence-electron chi connectivity index (χ3n) is 3.58. The first kappa shape index (κ1) is 20.9. The van der Waals surface area contributed by atoms with Crippen molar-refractivity contribution in [1.29, 1.82) is 0 Å². The number of rotatable bonds is 7. The molecule has 0 aliphatic carbocycles. The van der Waals surface area contributed by atoms with Gasteiger partial charge in [-0.25, -0.2) is 9.59 Å². The molecule has 1 atom stereocenters. The Morgan fingerprint density at radius 1 is 1.18 bits per heavy atom. The minimum absolute atomic E-state index is 0.0369. The van der Waals surface area contributed by atoms with Crippen LogP contribution in [-0.2, 0) is 30.9 Å². The highest BCUT2D eigenvalue weighted by molar-refractivity contribution is 7.87. The standard InChI is InChI=1S/C16H16N2O9S/c1-8-13(9(2)26-18-8)28(24,25)27-11-5-3-10(4-6-11)7-12(15(20)21)17-14(19)16(22)23/h3-6,12H,7H2,1-2H3,(H,17,19)(H,20,21)(H,22,23)/t12-/m1/s1. The largest absolute Gasteiger partial charge is 0.480 e. The lowest BCUT2D eigenvalue weighted by atomic mass is 10.1. The SMILES string of the molecule is Cc1noc(C)c1S(=O)(=O)Oc1ccc(C[C@@H](NC(=O)C(=O)O)C(=O)O)cc1. The van der Waals surface area contributed by atoms with Crippen molar-refractivity contribution >= 4 is 28.0 Å². The van der Waals surface area contributed by atoms with Crippen molar-refractivity contribution in [2.24, 2.45) is 0 Å². The third kappa shape index (κ3) is 4.85. The van der Waals surface area contributed by atoms with Gasteiger partial charge < -0.3 is 24.2 Å². The van der Waals surface area contributed by atoms with E-state index in [2.05, 4.69) is 5.16 Å². The van der Waals surface area contributed by atoms with Crippen LogP contribution in [0.3, 0.4) is 0 Å². The van der Waals surface area contributed by atoms with Crippen LogP contribution in [0, 0.1) is 13.8 Å². The summed E-state index contributed by atoms with van der Waals surface area (Å²) >= 11 is 0. The number of benzene rings is 1. The van der Waals surface area contributed by atoms with E-state index in [9.17, 15) is 22.8 Å². The van der Waals surface area contributed by atoms with Crippen LogP contribution in [-0.4, -0.2) is 47.7 Å². The van der Waals surface area contributed by atoms with Gasteiger partial charge in [-0.05, 0) is 31.5 Å². The van der Waals surface area contributed by atoms with E-state index < -0.39 is 34.0 Å². The van der Waals surface area contributed by atoms with E-state index >= 15 is 0 Å². The minimum Gasteiger partial charge on any atom is -0.480 e. The zero-order valence-electron chi connectivity index (χ0n) is 14.7. The van der Waals surface area contributed by atoms with E-state index in [0.29, 0.717) is 5.56 Å². The molecule has 3 N–H and O–H groups in total. The molecule has 2 rings (SSSR count). The maximum atomic E-state index is 12.3. The number of carboxylic acid groups (broad SMARTS) is 2. The first-order valence-corrected chi connectivity index (χ1v) is 9.15. The Balaban J connectivity index is 2.13. The highest BCUT2D eigenvalue weighted by Gasteiger charge is 2.27. The number of hydrogen-bond acceptors (Lipinski definition) is 8. The molecule has 1 heterocycles. The van der Waals surface area contributed by atoms with Crippen LogP contribution in [0.1, 0.15) is 17.0 Å². The summed E-state index contributed by atoms with van der Waals surface area (Å²) < 4.78 is 34.5. The van der Waals surface area contributed by atoms with Crippen molar-refractivity contribution in [1.82, 2.24) is 10.5 Å². The number of nitrogens with one attached hydrogen (secondary N) is 1. The quantitative estimate of drug-likeness (QED) is 0.422. The van der Waals surface area contributed by atoms with Gasteiger partial charge in [0.25, 0.3) is 0 Å². The Morgan fingerprint density at radius 3 is 2.25 bits per heavy atom. The van der Waals surface area contributed by atoms with Gasteiger partial charge in [-0.15, -0.1) is 0 Å². The molecule has 12 heteroatoms. The van der Waals surface area contributed by atoms with Crippen LogP contribution in [0.4, 0.5) is 0 Å². The smallest absolute Gasteiger partial charge is 0.394 e. The van der Waals surface area contributed by atoms with Gasteiger partial charge >= 0.3 is 28.0 Å². The Hall–Kier alpha value is -3.41. The van der Waals surface area contributed by atoms with Crippen LogP contribution >= 0.6 is 0 Å². The molecular weight excluding hydrogens is 396 g/mol. The molecule has 1 aromatic carbocycles. The van der Waals surface area contributed by atoms with Crippen LogP contribution in [0.25, 0.3) is 0 Å². The second-order valence-corrected chi connectivity index (χ2v) is 7.19. The summed E-state index contributed by atoms with van der Waals surface area (Å²) in [5.74, 6) is -4.63. The van der Waals surface area contributed by atoms with Gasteiger partial charge in [0.05, 0.1) is 0 Å². The summed E-state index contributed by atoms with van der Waals surface area (Å²) in [6.07, 6.45) is -0.217. The number of carbonyl (C=O) groups is 3. The van der Waals surface area contributed by atoms with Gasteiger partial charge in [0, 0.05) is 6.42 Å². The normalized spacial score (nSPS) is 12.2. The number of aliphatic carboxylic acids is 2. The van der Waals surface area contributed by atoms with Gasteiger partial charge in [0.15, 0.2) is 10.7 Å². The van der Waals surface area contributed by atoms with Crippen molar-refractivity contribution in [2.75, 3.05) is 0 Å². The summed E-state index contributed by atoms with van der Waals surface area (Å²) in [6, 6.07) is 3.90. The average molecular weight is 412 g/mol. The van der Waals surface area contributed by atoms with Crippen LogP contribution in [0.2, 0.25) is 0 Å². The zero-order chi connectivity index (χ0) is 21.1. The number of aromatic nitrogens is 1. The predicted octanol–water partition coefficient (Wildman–Crippen LogP) is 0.256. The summed E-state index contributed by atoms with van der Waals surface area (Å²) in [4.78, 5) is 32.7. The topological polar surface area (TPSA) is 173 Å². The maximum Gasteiger partial charge on any atom is 0.394 e. The molecule has 0 saturated carbocycles. The number of carbonyl (C=O) groups excluding carboxylic acids is 1. The lowest BCUT2D eigenvalue weighted by Gasteiger charge is -2.13. The van der Waals surface area contributed by atoms with E-state index in [1.807, 2.05) is 5.32 Å². The fourth-order valence-electron chi connectivity index (χ4n) is 2.34. The fraction of sp³-hybridized carbons (Fsp3) is 0.250. The molecular formula is C16H16N2O9S. The van der Waals surface area contributed by atoms with E-state index in [1.165, 1.54) is 38.1 Å². The van der Waals surface area contributed by atoms with E-state index in [1.54, 1.807) is 0 Å². The van der Waals surface area contributed by atoms with E-state index in [4.69, 9.17) is 18.9 Å². The zero-order valence-corrected chi connectivity index (χ0v) is 15.5. The van der Waals surface area contributed by atoms with Gasteiger partial charge in [-0.3, -0.25) is 4.79 Å². The van der Waals surface area contributed by atoms with Crippen molar-refractivity contribution < 1.29 is 41.7 Å². The predicted molar refractivity (Wildman–Crippen MR) is 91.1 cm³/mol. The summed E-state index contributed by atoms with van der Waals surface area (Å²) in [5, 5.41) is 23.1. The van der Waals surface area contributed by atoms with Crippen LogP contribution in [0.5, 0.6) is 5.75 Å². The Kier molecular flexibility index (Phi) is 6.03. The molecule has 0 fully saturated rings. The van der Waals surface area contributed by atoms with E-state index in [0.717, 1.165) is 0 Å². The number of amides is 1. The van der Waals surface area contributed by atoms with Crippen molar-refractivity contribution in [3.8, 4) is 5.75 Å². The molecule has 1 aromatic heterocycles. The Labute approximate surface area is 159 Å². The van der Waals surface area contributed by atoms with Gasteiger partial charge in [-0.1, -0.05) is 17.3 Å². The van der Waals surface area contributed by atoms with Crippen LogP contribution in [0.15, 0.2) is 33.7 Å². The molecule has 28 heavy (non-hydrogen) atoms. The van der Waals surface area contributed by atoms with Crippen LogP contribution < -0.4 is 9.50 Å². The number of aryl methyl sites for hydroxylation is 2. The van der Waals surface area contributed by atoms with E-state index in [-0.39, 0.29) is 28.5 Å². The molecule has 0 unspecified atom stereocenters. The number of nitrogens with zero attached hydrogens (tertiary/aromatic N) is 1. The molecule has 0 bridgehead atoms. The maximum absolute atomic E-state index is 12.3. The lowest BCUT2D eigenvalue weighted by Crippen LogP contribution is -2.45. The second-order valence-electron chi connectivity index (χ2n) is 5.71. The molecule has 0 spiro atoms. The minimum atomic E-state index is -4.18. The monoisotopic (exact) mass is 412 g/mol. The highest BCUT2D eigenvalue weighted by atomic mass is 32.2. The molecule has 0 aliphatic heterocycles. The summed E-state index contributed by atoms with van der Waals surface area (Å²) in [6.45, 7) is 2.88. The summed E-state index contributed by atoms with van der Waals surface area (Å²) in [5.41, 5.74) is 0.549. The average Bonchev–Trinajstić information content (AvgIpc) is 2.94. The molecule has 0 saturated heterocycles. The Morgan fingerprint density at radius 2 is 1.79 bits per heavy atom. The molecule has 150 valence electrons. The summed E-state index contributed by atoms with van der Waals surface area (Å²) in [7, 11) is -4.18. The van der Waals surface area contributed by atoms with Gasteiger partial charge in [-0.2, -0.15) is 8.42 Å². The lowest BCUT2D eigenvalue weighted by molar-refractivity contribution is -0.152. The fourth-order valence-corrected chi connectivity index (χ4v) is 3.57. The highest BCUT2D eigenvalue weighted by Crippen LogP contribution is 2.24. The third-order valence-corrected chi connectivity index (χ3v) is 5.08. The molecule has 1 amide bonds.